The molecule has 0 fully saturated rings. The summed E-state index contributed by atoms with van der Waals surface area (Å²) in [5, 5.41) is 2.54. The minimum atomic E-state index is -2.01. The van der Waals surface area contributed by atoms with E-state index in [0.29, 0.717) is 0 Å². The normalized spacial score (nSPS) is 12.7. The summed E-state index contributed by atoms with van der Waals surface area (Å²) in [6.07, 6.45) is 1.83. The second kappa shape index (κ2) is 13.1. The summed E-state index contributed by atoms with van der Waals surface area (Å²) >= 11 is 0. The molecule has 3 heteroatoms. The molecule has 2 heterocycles. The van der Waals surface area contributed by atoms with E-state index in [1.54, 1.807) is 0 Å². The molecule has 0 atom stereocenters. The maximum atomic E-state index is 6.62. The van der Waals surface area contributed by atoms with Crippen molar-refractivity contribution in [2.45, 2.75) is 13.1 Å². The van der Waals surface area contributed by atoms with E-state index >= 15 is 0 Å². The summed E-state index contributed by atoms with van der Waals surface area (Å²) in [7, 11) is -2.01. The molecule has 0 bridgehead atoms. The third-order valence-electron chi connectivity index (χ3n) is 10.4. The van der Waals surface area contributed by atoms with Crippen LogP contribution >= 0.6 is 0 Å². The van der Waals surface area contributed by atoms with Crippen LogP contribution in [-0.4, -0.2) is 13.1 Å². The highest BCUT2D eigenvalue weighted by Crippen LogP contribution is 2.50. The topological polar surface area (TPSA) is 22.1 Å². The van der Waals surface area contributed by atoms with Crippen LogP contribution in [0.2, 0.25) is 13.1 Å². The Hall–Kier alpha value is -6.29. The lowest BCUT2D eigenvalue weighted by atomic mass is 9.78. The highest BCUT2D eigenvalue weighted by molar-refractivity contribution is 7.01. The van der Waals surface area contributed by atoms with Crippen molar-refractivity contribution in [1.82, 2.24) is 4.98 Å². The number of fused-ring (bicyclic) bond motifs is 2. The van der Waals surface area contributed by atoms with Gasteiger partial charge in [-0.25, -0.2) is 4.98 Å². The number of aromatic nitrogens is 1. The third-order valence-corrected chi connectivity index (χ3v) is 13.9. The van der Waals surface area contributed by atoms with Crippen LogP contribution in [0.1, 0.15) is 0 Å². The Kier molecular flexibility index (Phi) is 7.99. The zero-order chi connectivity index (χ0) is 35.1. The van der Waals surface area contributed by atoms with E-state index < -0.39 is 8.07 Å². The van der Waals surface area contributed by atoms with Gasteiger partial charge in [0.15, 0.2) is 0 Å². The predicted molar refractivity (Wildman–Crippen MR) is 220 cm³/mol. The minimum Gasteiger partial charge on any atom is -0.439 e. The zero-order valence-electron chi connectivity index (χ0n) is 29.3. The van der Waals surface area contributed by atoms with Gasteiger partial charge >= 0.3 is 0 Å². The van der Waals surface area contributed by atoms with Crippen LogP contribution in [0.5, 0.6) is 11.6 Å². The first-order valence-electron chi connectivity index (χ1n) is 17.9. The number of pyridine rings is 1. The SMILES string of the molecule is C[Si]1(C)c2cccnc2Oc2c(-c3ccc(-c4c(-c5ccccc5)c(-c5ccccc5)cc(-c5ccccc5)c4-c4ccccc4)cc3)cccc21. The van der Waals surface area contributed by atoms with Crippen LogP contribution in [0.15, 0.2) is 188 Å². The fourth-order valence-corrected chi connectivity index (χ4v) is 10.6. The van der Waals surface area contributed by atoms with Crippen molar-refractivity contribution in [3.8, 4) is 78.4 Å². The molecule has 8 aromatic rings. The van der Waals surface area contributed by atoms with Crippen molar-refractivity contribution in [1.29, 1.82) is 0 Å². The Morgan fingerprint density at radius 3 is 1.37 bits per heavy atom. The monoisotopic (exact) mass is 683 g/mol. The quantitative estimate of drug-likeness (QED) is 0.163. The summed E-state index contributed by atoms with van der Waals surface area (Å²) in [5.74, 6) is 1.67. The van der Waals surface area contributed by atoms with Gasteiger partial charge in [0.2, 0.25) is 5.88 Å². The van der Waals surface area contributed by atoms with Crippen molar-refractivity contribution >= 4 is 18.4 Å². The number of nitrogens with zero attached hydrogens (tertiary/aromatic N) is 1. The summed E-state index contributed by atoms with van der Waals surface area (Å²) in [5.41, 5.74) is 14.2. The van der Waals surface area contributed by atoms with Gasteiger partial charge < -0.3 is 4.74 Å². The molecule has 0 aliphatic carbocycles. The Morgan fingerprint density at radius 2 is 0.827 bits per heavy atom. The first-order chi connectivity index (χ1) is 25.6. The number of hydrogen-bond acceptors (Lipinski definition) is 2. The van der Waals surface area contributed by atoms with Gasteiger partial charge in [0.05, 0.1) is 0 Å². The smallest absolute Gasteiger partial charge is 0.218 e. The Morgan fingerprint density at radius 1 is 0.385 bits per heavy atom. The average molecular weight is 684 g/mol. The Bertz CT molecular complexity index is 2430. The maximum absolute atomic E-state index is 6.62. The van der Waals surface area contributed by atoms with Crippen LogP contribution in [0, 0.1) is 0 Å². The molecule has 0 spiro atoms. The van der Waals surface area contributed by atoms with Crippen LogP contribution in [0.4, 0.5) is 0 Å². The highest BCUT2D eigenvalue weighted by Gasteiger charge is 2.38. The molecule has 2 nitrogen and oxygen atoms in total. The van der Waals surface area contributed by atoms with Crippen LogP contribution in [0.25, 0.3) is 66.8 Å². The van der Waals surface area contributed by atoms with Gasteiger partial charge in [-0.05, 0) is 78.5 Å². The van der Waals surface area contributed by atoms with Gasteiger partial charge in [0, 0.05) is 16.9 Å². The molecule has 0 saturated carbocycles. The second-order valence-electron chi connectivity index (χ2n) is 13.9. The van der Waals surface area contributed by atoms with E-state index in [4.69, 9.17) is 4.74 Å². The van der Waals surface area contributed by atoms with Crippen LogP contribution < -0.4 is 15.1 Å². The third kappa shape index (κ3) is 5.47. The summed E-state index contributed by atoms with van der Waals surface area (Å²) < 4.78 is 6.62. The highest BCUT2D eigenvalue weighted by atomic mass is 28.3. The lowest BCUT2D eigenvalue weighted by Crippen LogP contribution is -2.56. The van der Waals surface area contributed by atoms with Crippen molar-refractivity contribution in [3.05, 3.63) is 188 Å². The van der Waals surface area contributed by atoms with Gasteiger partial charge in [-0.2, -0.15) is 0 Å². The average Bonchev–Trinajstić information content (AvgIpc) is 3.21. The number of hydrogen-bond donors (Lipinski definition) is 0. The molecule has 7 aromatic carbocycles. The molecule has 1 aliphatic rings. The van der Waals surface area contributed by atoms with E-state index in [-0.39, 0.29) is 0 Å². The van der Waals surface area contributed by atoms with Gasteiger partial charge in [0.1, 0.15) is 13.8 Å². The van der Waals surface area contributed by atoms with Crippen LogP contribution in [-0.2, 0) is 0 Å². The second-order valence-corrected chi connectivity index (χ2v) is 18.2. The lowest BCUT2D eigenvalue weighted by molar-refractivity contribution is 0.469. The molecule has 248 valence electrons. The molecule has 52 heavy (non-hydrogen) atoms. The van der Waals surface area contributed by atoms with Gasteiger partial charge in [-0.3, -0.25) is 0 Å². The maximum Gasteiger partial charge on any atom is 0.218 e. The van der Waals surface area contributed by atoms with E-state index in [1.165, 1.54) is 60.4 Å². The van der Waals surface area contributed by atoms with Gasteiger partial charge in [0.25, 0.3) is 0 Å². The largest absolute Gasteiger partial charge is 0.439 e. The number of ether oxygens (including phenoxy) is 1. The Labute approximate surface area is 306 Å². The summed E-state index contributed by atoms with van der Waals surface area (Å²) in [6, 6.07) is 65.6. The molecule has 0 unspecified atom stereocenters. The van der Waals surface area contributed by atoms with Gasteiger partial charge in [-0.15, -0.1) is 0 Å². The van der Waals surface area contributed by atoms with Crippen molar-refractivity contribution in [2.75, 3.05) is 0 Å². The fourth-order valence-electron chi connectivity index (χ4n) is 7.84. The molecule has 0 saturated heterocycles. The molecule has 9 rings (SSSR count). The van der Waals surface area contributed by atoms with Crippen LogP contribution in [0.3, 0.4) is 0 Å². The molecule has 0 N–H and O–H groups in total. The Balaban J connectivity index is 1.31. The summed E-state index contributed by atoms with van der Waals surface area (Å²) in [6.45, 7) is 4.78. The predicted octanol–water partition coefficient (Wildman–Crippen LogP) is 12.0. The first-order valence-corrected chi connectivity index (χ1v) is 20.9. The molecule has 1 aromatic heterocycles. The molecule has 0 amide bonds. The number of rotatable bonds is 6. The lowest BCUT2D eigenvalue weighted by Gasteiger charge is -2.33. The first kappa shape index (κ1) is 31.7. The van der Waals surface area contributed by atoms with E-state index in [9.17, 15) is 0 Å². The van der Waals surface area contributed by atoms with Crippen molar-refractivity contribution < 1.29 is 4.74 Å². The molecule has 0 radical (unpaired) electrons. The van der Waals surface area contributed by atoms with E-state index in [0.717, 1.165) is 28.3 Å². The molecule has 1 aliphatic heterocycles. The van der Waals surface area contributed by atoms with Crippen molar-refractivity contribution in [3.63, 3.8) is 0 Å². The standard InChI is InChI=1S/C49H37NOSi/c1-52(2)43-26-15-25-40(48(43)51-49-44(52)27-16-32-50-49)36-28-30-39(31-29-36)47-45(37-21-11-5-12-22-37)41(34-17-7-3-8-18-34)33-42(35-19-9-4-10-20-35)46(47)38-23-13-6-14-24-38/h3-33H,1-2H3. The van der Waals surface area contributed by atoms with Gasteiger partial charge in [-0.1, -0.05) is 183 Å². The summed E-state index contributed by atoms with van der Waals surface area (Å²) in [4.78, 5) is 4.66. The fraction of sp³-hybridized carbons (Fsp3) is 0.0408. The van der Waals surface area contributed by atoms with Crippen molar-refractivity contribution in [2.24, 2.45) is 0 Å². The minimum absolute atomic E-state index is 0.738. The molecular formula is C49H37NOSi. The van der Waals surface area contributed by atoms with E-state index in [2.05, 4.69) is 194 Å². The number of para-hydroxylation sites is 1. The number of benzene rings is 7. The molecular weight excluding hydrogens is 647 g/mol. The van der Waals surface area contributed by atoms with E-state index in [1.807, 2.05) is 12.3 Å². The zero-order valence-corrected chi connectivity index (χ0v) is 30.3.